The minimum Gasteiger partial charge on any atom is -0.499 e. The number of hydrogen-bond acceptors (Lipinski definition) is 3. The number of rotatable bonds is 0. The van der Waals surface area contributed by atoms with Gasteiger partial charge in [-0.05, 0) is 0 Å². The van der Waals surface area contributed by atoms with Crippen molar-refractivity contribution in [2.75, 3.05) is 0 Å². The molecule has 0 spiro atoms. The van der Waals surface area contributed by atoms with E-state index in [9.17, 15) is 4.79 Å². The highest BCUT2D eigenvalue weighted by Crippen LogP contribution is 1.70. The van der Waals surface area contributed by atoms with E-state index in [1.165, 1.54) is 0 Å². The molecule has 0 bridgehead atoms. The minimum absolute atomic E-state index is 0. The Kier molecular flexibility index (Phi) is 8.03. The van der Waals surface area contributed by atoms with Crippen molar-refractivity contribution >= 4 is 27.1 Å². The summed E-state index contributed by atoms with van der Waals surface area (Å²) >= 11 is 0. The van der Waals surface area contributed by atoms with Crippen LogP contribution < -0.4 is 0 Å². The van der Waals surface area contributed by atoms with Crippen molar-refractivity contribution in [3.63, 3.8) is 0 Å². The standard InChI is InChI=1S/CH6O3Si2.CH4/c2-1(3-5)4-6;/h5-6H3;1H4. The van der Waals surface area contributed by atoms with E-state index in [1.807, 2.05) is 0 Å². The lowest BCUT2D eigenvalue weighted by molar-refractivity contribution is 0.160. The lowest BCUT2D eigenvalue weighted by Crippen LogP contribution is -2.00. The molecule has 0 amide bonds. The van der Waals surface area contributed by atoms with Crippen LogP contribution in [0.25, 0.3) is 0 Å². The molecule has 0 N–H and O–H groups in total. The fourth-order valence-corrected chi connectivity index (χ4v) is 0.750. The summed E-state index contributed by atoms with van der Waals surface area (Å²) in [5, 5.41) is 0. The van der Waals surface area contributed by atoms with Gasteiger partial charge in [0.1, 0.15) is 0 Å². The Balaban J connectivity index is 0. The lowest BCUT2D eigenvalue weighted by Gasteiger charge is -1.92. The van der Waals surface area contributed by atoms with E-state index in [0.29, 0.717) is 21.0 Å². The molecule has 7 heavy (non-hydrogen) atoms. The summed E-state index contributed by atoms with van der Waals surface area (Å²) in [6.45, 7) is 0. The second kappa shape index (κ2) is 5.70. The minimum atomic E-state index is -0.534. The van der Waals surface area contributed by atoms with Crippen LogP contribution in [0, 0.1) is 0 Å². The van der Waals surface area contributed by atoms with Crippen LogP contribution in [-0.2, 0) is 8.85 Å². The lowest BCUT2D eigenvalue weighted by atomic mass is 11.5. The second-order valence-electron chi connectivity index (χ2n) is 0.658. The molecule has 0 aliphatic heterocycles. The van der Waals surface area contributed by atoms with Crippen LogP contribution in [0.3, 0.4) is 0 Å². The first-order valence-corrected chi connectivity index (χ1v) is 3.06. The summed E-state index contributed by atoms with van der Waals surface area (Å²) in [6, 6.07) is 0. The smallest absolute Gasteiger partial charge is 0.479 e. The van der Waals surface area contributed by atoms with Gasteiger partial charge in [0.25, 0.3) is 0 Å². The third-order valence-electron chi connectivity index (χ3n) is 0.333. The summed E-state index contributed by atoms with van der Waals surface area (Å²) in [7, 11) is 0.860. The van der Waals surface area contributed by atoms with Crippen LogP contribution >= 0.6 is 0 Å². The second-order valence-corrected chi connectivity index (χ2v) is 1.47. The summed E-state index contributed by atoms with van der Waals surface area (Å²) in [5.41, 5.74) is 0. The molecule has 3 nitrogen and oxygen atoms in total. The number of carbonyl (C=O) groups excluding carboxylic acids is 1. The highest BCUT2D eigenvalue weighted by molar-refractivity contribution is 6.09. The van der Waals surface area contributed by atoms with E-state index in [-0.39, 0.29) is 7.43 Å². The zero-order valence-corrected chi connectivity index (χ0v) is 7.72. The maximum Gasteiger partial charge on any atom is 0.479 e. The maximum absolute atomic E-state index is 9.81. The van der Waals surface area contributed by atoms with Gasteiger partial charge in [-0.3, -0.25) is 0 Å². The molecule has 0 fully saturated rings. The monoisotopic (exact) mass is 138 g/mol. The Hall–Kier alpha value is -0.296. The van der Waals surface area contributed by atoms with Gasteiger partial charge in [0.15, 0.2) is 0 Å². The summed E-state index contributed by atoms with van der Waals surface area (Å²) in [6.07, 6.45) is -0.534. The molecular weight excluding hydrogens is 128 g/mol. The summed E-state index contributed by atoms with van der Waals surface area (Å²) in [4.78, 5) is 9.81. The molecule has 0 aromatic heterocycles. The van der Waals surface area contributed by atoms with E-state index in [1.54, 1.807) is 0 Å². The van der Waals surface area contributed by atoms with Gasteiger partial charge >= 0.3 is 6.16 Å². The van der Waals surface area contributed by atoms with Crippen LogP contribution in [0.2, 0.25) is 0 Å². The fourth-order valence-electron chi connectivity index (χ4n) is 0.0833. The average Bonchev–Trinajstić information content (AvgIpc) is 1.65. The van der Waals surface area contributed by atoms with E-state index in [0.717, 1.165) is 0 Å². The van der Waals surface area contributed by atoms with Crippen LogP contribution in [0.4, 0.5) is 4.79 Å². The van der Waals surface area contributed by atoms with E-state index < -0.39 is 6.16 Å². The van der Waals surface area contributed by atoms with Gasteiger partial charge in [0, 0.05) is 0 Å². The molecule has 0 unspecified atom stereocenters. The number of hydrogen-bond donors (Lipinski definition) is 0. The van der Waals surface area contributed by atoms with E-state index in [2.05, 4.69) is 8.85 Å². The maximum atomic E-state index is 9.81. The molecule has 0 heterocycles. The molecule has 44 valence electrons. The van der Waals surface area contributed by atoms with Gasteiger partial charge in [-0.25, -0.2) is 4.79 Å². The first-order valence-electron chi connectivity index (χ1n) is 1.43. The van der Waals surface area contributed by atoms with Crippen molar-refractivity contribution in [1.82, 2.24) is 0 Å². The molecule has 0 atom stereocenters. The van der Waals surface area contributed by atoms with Crippen LogP contribution in [0.5, 0.6) is 0 Å². The molecule has 0 aromatic carbocycles. The van der Waals surface area contributed by atoms with Crippen LogP contribution in [0.15, 0.2) is 0 Å². The van der Waals surface area contributed by atoms with Crippen molar-refractivity contribution in [3.05, 3.63) is 0 Å². The molecule has 0 aromatic rings. The zero-order chi connectivity index (χ0) is 4.99. The molecule has 0 saturated carbocycles. The topological polar surface area (TPSA) is 35.5 Å². The third kappa shape index (κ3) is 5.70. The highest BCUT2D eigenvalue weighted by atomic mass is 28.2. The van der Waals surface area contributed by atoms with E-state index in [4.69, 9.17) is 0 Å². The Bertz CT molecular complexity index is 48.9. The normalized spacial score (nSPS) is 6.86. The van der Waals surface area contributed by atoms with Crippen molar-refractivity contribution in [1.29, 1.82) is 0 Å². The van der Waals surface area contributed by atoms with Gasteiger partial charge in [-0.1, -0.05) is 7.43 Å². The average molecular weight is 138 g/mol. The SMILES string of the molecule is C.O=C(O[SiH3])O[SiH3]. The quantitative estimate of drug-likeness (QED) is 0.376. The summed E-state index contributed by atoms with van der Waals surface area (Å²) < 4.78 is 8.42. The first kappa shape index (κ1) is 9.86. The predicted molar refractivity (Wildman–Crippen MR) is 34.2 cm³/mol. The Morgan fingerprint density at radius 3 is 1.57 bits per heavy atom. The Morgan fingerprint density at radius 1 is 1.29 bits per heavy atom. The van der Waals surface area contributed by atoms with Crippen LogP contribution in [-0.4, -0.2) is 27.1 Å². The molecule has 0 radical (unpaired) electrons. The van der Waals surface area contributed by atoms with E-state index >= 15 is 0 Å². The predicted octanol–water partition coefficient (Wildman–Crippen LogP) is -1.66. The molecule has 0 saturated heterocycles. The highest BCUT2D eigenvalue weighted by Gasteiger charge is 1.86. The molecule has 5 heteroatoms. The largest absolute Gasteiger partial charge is 0.499 e. The van der Waals surface area contributed by atoms with Crippen LogP contribution in [0.1, 0.15) is 7.43 Å². The Morgan fingerprint density at radius 2 is 1.57 bits per heavy atom. The third-order valence-corrected chi connectivity index (χ3v) is 1.00. The van der Waals surface area contributed by atoms with Gasteiger partial charge in [0.05, 0.1) is 0 Å². The first-order chi connectivity index (χ1) is 2.81. The molecule has 0 rings (SSSR count). The zero-order valence-electron chi connectivity index (χ0n) is 3.72. The number of carbonyl (C=O) groups is 1. The van der Waals surface area contributed by atoms with Crippen molar-refractivity contribution in [3.8, 4) is 0 Å². The van der Waals surface area contributed by atoms with Crippen molar-refractivity contribution in [2.45, 2.75) is 7.43 Å². The molecule has 0 aliphatic rings. The summed E-state index contributed by atoms with van der Waals surface area (Å²) in [5.74, 6) is 0. The molecule has 0 aliphatic carbocycles. The fraction of sp³-hybridized carbons (Fsp3) is 0.500. The Labute approximate surface area is 49.1 Å². The van der Waals surface area contributed by atoms with Gasteiger partial charge < -0.3 is 8.85 Å². The van der Waals surface area contributed by atoms with Gasteiger partial charge in [0.2, 0.25) is 21.0 Å². The van der Waals surface area contributed by atoms with Crippen molar-refractivity contribution < 1.29 is 13.6 Å². The van der Waals surface area contributed by atoms with Gasteiger partial charge in [-0.2, -0.15) is 0 Å². The van der Waals surface area contributed by atoms with Gasteiger partial charge in [-0.15, -0.1) is 0 Å². The van der Waals surface area contributed by atoms with Crippen molar-refractivity contribution in [2.24, 2.45) is 0 Å². The molecular formula is C2H10O3Si2.